The molecule has 0 saturated heterocycles. The summed E-state index contributed by atoms with van der Waals surface area (Å²) in [6, 6.07) is 0. The van der Waals surface area contributed by atoms with E-state index in [9.17, 15) is 4.79 Å². The molecule has 192 valence electrons. The molecular formula is C29H60O2P+. The summed E-state index contributed by atoms with van der Waals surface area (Å²) in [5, 5.41) is 9.08. The zero-order valence-corrected chi connectivity index (χ0v) is 23.4. The summed E-state index contributed by atoms with van der Waals surface area (Å²) in [7, 11) is -0.916. The molecule has 0 aliphatic heterocycles. The first-order valence-corrected chi connectivity index (χ1v) is 17.2. The Morgan fingerprint density at radius 3 is 1.06 bits per heavy atom. The van der Waals surface area contributed by atoms with Crippen LogP contribution in [0.15, 0.2) is 0 Å². The summed E-state index contributed by atoms with van der Waals surface area (Å²) in [4.78, 5) is 11.0. The minimum Gasteiger partial charge on any atom is -0.481 e. The van der Waals surface area contributed by atoms with Crippen LogP contribution in [0.25, 0.3) is 0 Å². The molecule has 0 rings (SSSR count). The molecule has 0 spiro atoms. The van der Waals surface area contributed by atoms with E-state index >= 15 is 0 Å². The molecule has 0 aromatic rings. The molecule has 0 radical (unpaired) electrons. The Labute approximate surface area is 203 Å². The van der Waals surface area contributed by atoms with Crippen molar-refractivity contribution in [3.63, 3.8) is 0 Å². The highest BCUT2D eigenvalue weighted by atomic mass is 31.2. The van der Waals surface area contributed by atoms with Crippen LogP contribution in [0.4, 0.5) is 0 Å². The fourth-order valence-corrected chi connectivity index (χ4v) is 10.00. The van der Waals surface area contributed by atoms with Crippen LogP contribution >= 0.6 is 7.26 Å². The molecule has 3 heteroatoms. The van der Waals surface area contributed by atoms with E-state index in [1.54, 1.807) is 0 Å². The van der Waals surface area contributed by atoms with E-state index in [2.05, 4.69) is 20.8 Å². The molecule has 0 bridgehead atoms. The molecule has 32 heavy (non-hydrogen) atoms. The van der Waals surface area contributed by atoms with Gasteiger partial charge in [-0.25, -0.2) is 0 Å². The maximum absolute atomic E-state index is 11.0. The Morgan fingerprint density at radius 2 is 0.750 bits per heavy atom. The summed E-state index contributed by atoms with van der Waals surface area (Å²) in [5.74, 6) is -0.614. The first kappa shape index (κ1) is 31.9. The van der Waals surface area contributed by atoms with Crippen molar-refractivity contribution in [3.05, 3.63) is 0 Å². The quantitative estimate of drug-likeness (QED) is 0.101. The molecule has 0 saturated carbocycles. The fraction of sp³-hybridized carbons (Fsp3) is 0.966. The maximum Gasteiger partial charge on any atom is 0.303 e. The summed E-state index contributed by atoms with van der Waals surface area (Å²) >= 11 is 0. The van der Waals surface area contributed by atoms with Crippen LogP contribution in [0.1, 0.15) is 156 Å². The number of hydrogen-bond donors (Lipinski definition) is 1. The number of carboxylic acids is 1. The van der Waals surface area contributed by atoms with E-state index in [4.69, 9.17) is 5.11 Å². The Hall–Kier alpha value is -0.100. The molecule has 0 atom stereocenters. The van der Waals surface area contributed by atoms with Crippen LogP contribution in [0, 0.1) is 0 Å². The lowest BCUT2D eigenvalue weighted by atomic mass is 10.1. The Morgan fingerprint density at radius 1 is 0.469 bits per heavy atom. The summed E-state index contributed by atoms with van der Waals surface area (Å²) < 4.78 is 0. The zero-order valence-electron chi connectivity index (χ0n) is 22.5. The molecular weight excluding hydrogens is 411 g/mol. The molecule has 0 unspecified atom stereocenters. The van der Waals surface area contributed by atoms with Crippen molar-refractivity contribution in [1.82, 2.24) is 0 Å². The van der Waals surface area contributed by atoms with E-state index in [-0.39, 0.29) is 0 Å². The van der Waals surface area contributed by atoms with E-state index in [0.29, 0.717) is 6.42 Å². The van der Waals surface area contributed by atoms with E-state index in [0.717, 1.165) is 12.8 Å². The Bertz CT molecular complexity index is 356. The van der Waals surface area contributed by atoms with Gasteiger partial charge in [-0.2, -0.15) is 0 Å². The third-order valence-corrected chi connectivity index (χ3v) is 12.3. The molecule has 0 aliphatic carbocycles. The Balaban J connectivity index is 4.77. The van der Waals surface area contributed by atoms with Crippen molar-refractivity contribution in [2.24, 2.45) is 0 Å². The molecule has 0 amide bonds. The Kier molecular flexibility index (Phi) is 24.0. The van der Waals surface area contributed by atoms with Gasteiger partial charge in [0.25, 0.3) is 0 Å². The van der Waals surface area contributed by atoms with Crippen LogP contribution in [0.2, 0.25) is 0 Å². The van der Waals surface area contributed by atoms with Crippen LogP contribution in [-0.4, -0.2) is 35.7 Å². The molecule has 0 aliphatic rings. The third kappa shape index (κ3) is 20.5. The third-order valence-electron chi connectivity index (χ3n) is 7.23. The normalized spacial score (nSPS) is 11.8. The molecule has 2 nitrogen and oxygen atoms in total. The zero-order chi connectivity index (χ0) is 23.8. The lowest BCUT2D eigenvalue weighted by Crippen LogP contribution is -2.13. The van der Waals surface area contributed by atoms with E-state index in [1.807, 2.05) is 0 Å². The van der Waals surface area contributed by atoms with Gasteiger partial charge in [0.2, 0.25) is 0 Å². The van der Waals surface area contributed by atoms with Crippen LogP contribution in [0.3, 0.4) is 0 Å². The highest BCUT2D eigenvalue weighted by Crippen LogP contribution is 2.61. The number of hydrogen-bond acceptors (Lipinski definition) is 1. The van der Waals surface area contributed by atoms with Crippen molar-refractivity contribution in [3.8, 4) is 0 Å². The van der Waals surface area contributed by atoms with Gasteiger partial charge in [-0.1, -0.05) is 97.8 Å². The lowest BCUT2D eigenvalue weighted by molar-refractivity contribution is -0.137. The molecule has 0 heterocycles. The van der Waals surface area contributed by atoms with Gasteiger partial charge >= 0.3 is 5.97 Å². The van der Waals surface area contributed by atoms with Crippen LogP contribution in [-0.2, 0) is 4.79 Å². The smallest absolute Gasteiger partial charge is 0.303 e. The van der Waals surface area contributed by atoms with Gasteiger partial charge < -0.3 is 5.11 Å². The van der Waals surface area contributed by atoms with Crippen molar-refractivity contribution in [1.29, 1.82) is 0 Å². The second-order valence-corrected chi connectivity index (χ2v) is 14.9. The molecule has 0 aromatic carbocycles. The second kappa shape index (κ2) is 24.0. The number of carbonyl (C=O) groups is 1. The predicted molar refractivity (Wildman–Crippen MR) is 148 cm³/mol. The monoisotopic (exact) mass is 471 g/mol. The van der Waals surface area contributed by atoms with Gasteiger partial charge in [0.1, 0.15) is 0 Å². The fourth-order valence-electron chi connectivity index (χ4n) is 5.08. The highest BCUT2D eigenvalue weighted by Gasteiger charge is 2.35. The number of rotatable bonds is 26. The SMILES string of the molecule is CCCCCCCC[P+](CCCCCCCC)(CCCCCCCC)CCCCC(=O)O. The van der Waals surface area contributed by atoms with Crippen LogP contribution in [0.5, 0.6) is 0 Å². The van der Waals surface area contributed by atoms with Gasteiger partial charge in [0.05, 0.1) is 24.6 Å². The maximum atomic E-state index is 11.0. The number of unbranched alkanes of at least 4 members (excludes halogenated alkanes) is 16. The van der Waals surface area contributed by atoms with Gasteiger partial charge in [-0.3, -0.25) is 4.79 Å². The van der Waals surface area contributed by atoms with Crippen molar-refractivity contribution in [2.75, 3.05) is 24.6 Å². The average Bonchev–Trinajstić information content (AvgIpc) is 2.78. The summed E-state index contributed by atoms with van der Waals surface area (Å²) in [5.41, 5.74) is 0. The van der Waals surface area contributed by atoms with Crippen molar-refractivity contribution >= 4 is 13.2 Å². The number of aliphatic carboxylic acids is 1. The minimum absolute atomic E-state index is 0.366. The topological polar surface area (TPSA) is 37.3 Å². The first-order valence-electron chi connectivity index (χ1n) is 14.7. The molecule has 0 fully saturated rings. The summed E-state index contributed by atoms with van der Waals surface area (Å²) in [6.45, 7) is 6.90. The standard InChI is InChI=1S/C29H59O2P/c1-4-7-10-13-16-20-25-32(28-23-19-24-29(30)31,26-21-17-14-11-8-5-2)27-22-18-15-12-9-6-3/h4-28H2,1-3H3/p+1. The second-order valence-electron chi connectivity index (χ2n) is 10.4. The van der Waals surface area contributed by atoms with E-state index in [1.165, 1.54) is 140 Å². The minimum atomic E-state index is -0.916. The molecule has 1 N–H and O–H groups in total. The highest BCUT2D eigenvalue weighted by molar-refractivity contribution is 7.75. The van der Waals surface area contributed by atoms with Crippen molar-refractivity contribution < 1.29 is 9.90 Å². The number of carboxylic acid groups (broad SMARTS) is 1. The average molecular weight is 472 g/mol. The predicted octanol–water partition coefficient (Wildman–Crippen LogP) is 10.3. The van der Waals surface area contributed by atoms with Gasteiger partial charge in [-0.05, 0) is 51.4 Å². The first-order chi connectivity index (χ1) is 15.6. The van der Waals surface area contributed by atoms with E-state index < -0.39 is 13.2 Å². The summed E-state index contributed by atoms with van der Waals surface area (Å²) in [6.07, 6.45) is 33.5. The lowest BCUT2D eigenvalue weighted by Gasteiger charge is -2.28. The van der Waals surface area contributed by atoms with Gasteiger partial charge in [0.15, 0.2) is 0 Å². The van der Waals surface area contributed by atoms with Crippen molar-refractivity contribution in [2.45, 2.75) is 156 Å². The molecule has 0 aromatic heterocycles. The van der Waals surface area contributed by atoms with Gasteiger partial charge in [0, 0.05) is 13.7 Å². The van der Waals surface area contributed by atoms with Crippen LogP contribution < -0.4 is 0 Å². The van der Waals surface area contributed by atoms with Gasteiger partial charge in [-0.15, -0.1) is 0 Å². The largest absolute Gasteiger partial charge is 0.481 e.